The van der Waals surface area contributed by atoms with E-state index in [9.17, 15) is 14.4 Å². The first kappa shape index (κ1) is 16.5. The van der Waals surface area contributed by atoms with Crippen LogP contribution in [0.15, 0.2) is 4.52 Å². The fourth-order valence-corrected chi connectivity index (χ4v) is 1.95. The lowest BCUT2D eigenvalue weighted by atomic mass is 10.1. The molecule has 0 fully saturated rings. The van der Waals surface area contributed by atoms with Crippen LogP contribution in [-0.4, -0.2) is 39.4 Å². The van der Waals surface area contributed by atoms with Gasteiger partial charge in [-0.25, -0.2) is 9.59 Å². The molecule has 2 atom stereocenters. The molecule has 9 heteroatoms. The van der Waals surface area contributed by atoms with Gasteiger partial charge in [-0.05, 0) is 20.8 Å². The topological polar surface area (TPSA) is 142 Å². The largest absolute Gasteiger partial charge is 0.481 e. The zero-order valence-electron chi connectivity index (χ0n) is 11.8. The van der Waals surface area contributed by atoms with Crippen LogP contribution in [-0.2, 0) is 9.59 Å². The maximum atomic E-state index is 11.7. The Hall–Kier alpha value is -2.58. The molecule has 1 heterocycles. The van der Waals surface area contributed by atoms with Gasteiger partial charge < -0.3 is 25.4 Å². The van der Waals surface area contributed by atoms with E-state index in [1.165, 1.54) is 0 Å². The number of nitrogens with one attached hydrogen (secondary N) is 2. The number of amides is 2. The zero-order chi connectivity index (χ0) is 16.2. The van der Waals surface area contributed by atoms with Gasteiger partial charge in [0, 0.05) is 5.56 Å². The fourth-order valence-electron chi connectivity index (χ4n) is 1.95. The van der Waals surface area contributed by atoms with Crippen LogP contribution in [0.3, 0.4) is 0 Å². The summed E-state index contributed by atoms with van der Waals surface area (Å²) in [6.07, 6.45) is -0.706. The maximum absolute atomic E-state index is 11.7. The van der Waals surface area contributed by atoms with Crippen molar-refractivity contribution in [3.8, 4) is 0 Å². The van der Waals surface area contributed by atoms with Crippen molar-refractivity contribution < 1.29 is 29.1 Å². The molecule has 116 valence electrons. The molecule has 1 unspecified atom stereocenters. The molecule has 0 aromatic carbocycles. The molecule has 1 aromatic rings. The summed E-state index contributed by atoms with van der Waals surface area (Å²) in [5.74, 6) is -2.19. The van der Waals surface area contributed by atoms with Crippen molar-refractivity contribution in [1.82, 2.24) is 15.8 Å². The molecule has 21 heavy (non-hydrogen) atoms. The molecule has 0 spiro atoms. The summed E-state index contributed by atoms with van der Waals surface area (Å²) in [7, 11) is 0. The number of rotatable bonds is 6. The third-order valence-corrected chi connectivity index (χ3v) is 2.85. The van der Waals surface area contributed by atoms with Gasteiger partial charge in [-0.3, -0.25) is 4.79 Å². The van der Waals surface area contributed by atoms with E-state index in [4.69, 9.17) is 14.7 Å². The Balaban J connectivity index is 2.68. The molecule has 0 saturated carbocycles. The Morgan fingerprint density at radius 3 is 2.29 bits per heavy atom. The predicted octanol–water partition coefficient (Wildman–Crippen LogP) is 0.580. The highest BCUT2D eigenvalue weighted by Crippen LogP contribution is 2.20. The maximum Gasteiger partial charge on any atom is 0.326 e. The van der Waals surface area contributed by atoms with E-state index in [2.05, 4.69) is 15.8 Å². The van der Waals surface area contributed by atoms with Crippen molar-refractivity contribution in [2.24, 2.45) is 0 Å². The van der Waals surface area contributed by atoms with Crippen LogP contribution < -0.4 is 10.6 Å². The third kappa shape index (κ3) is 4.48. The lowest BCUT2D eigenvalue weighted by Crippen LogP contribution is -2.47. The molecule has 0 radical (unpaired) electrons. The number of carboxylic acid groups (broad SMARTS) is 2. The Morgan fingerprint density at radius 1 is 1.24 bits per heavy atom. The molecule has 1 rings (SSSR count). The molecule has 0 saturated heterocycles. The molecule has 4 N–H and O–H groups in total. The highest BCUT2D eigenvalue weighted by molar-refractivity contribution is 5.86. The van der Waals surface area contributed by atoms with Crippen molar-refractivity contribution in [1.29, 1.82) is 0 Å². The van der Waals surface area contributed by atoms with E-state index in [-0.39, 0.29) is 0 Å². The van der Waals surface area contributed by atoms with Crippen LogP contribution in [0.4, 0.5) is 4.79 Å². The lowest BCUT2D eigenvalue weighted by molar-refractivity contribution is -0.145. The number of urea groups is 1. The normalized spacial score (nSPS) is 13.3. The molecule has 1 aromatic heterocycles. The summed E-state index contributed by atoms with van der Waals surface area (Å²) in [5, 5.41) is 25.8. The number of aryl methyl sites for hydroxylation is 2. The van der Waals surface area contributed by atoms with E-state index in [1.54, 1.807) is 20.8 Å². The summed E-state index contributed by atoms with van der Waals surface area (Å²) < 4.78 is 4.98. The van der Waals surface area contributed by atoms with Crippen molar-refractivity contribution in [2.75, 3.05) is 0 Å². The van der Waals surface area contributed by atoms with Crippen molar-refractivity contribution >= 4 is 18.0 Å². The second kappa shape index (κ2) is 6.73. The Kier molecular flexibility index (Phi) is 5.28. The zero-order valence-corrected chi connectivity index (χ0v) is 11.8. The first-order chi connectivity index (χ1) is 9.72. The molecule has 0 aliphatic heterocycles. The van der Waals surface area contributed by atoms with Gasteiger partial charge in [0.05, 0.1) is 18.2 Å². The summed E-state index contributed by atoms with van der Waals surface area (Å²) in [5.41, 5.74) is 1.30. The minimum atomic E-state index is -1.50. The van der Waals surface area contributed by atoms with Crippen molar-refractivity contribution in [3.05, 3.63) is 17.0 Å². The summed E-state index contributed by atoms with van der Waals surface area (Å²) in [4.78, 5) is 33.1. The Bertz CT molecular complexity index is 534. The molecular formula is C12H17N3O6. The summed E-state index contributed by atoms with van der Waals surface area (Å²) in [6, 6.07) is -2.74. The number of nitrogens with zero attached hydrogens (tertiary/aromatic N) is 1. The van der Waals surface area contributed by atoms with Crippen LogP contribution >= 0.6 is 0 Å². The lowest BCUT2D eigenvalue weighted by Gasteiger charge is -2.17. The number of aromatic nitrogens is 1. The molecule has 0 aliphatic carbocycles. The smallest absolute Gasteiger partial charge is 0.326 e. The van der Waals surface area contributed by atoms with Gasteiger partial charge in [0.25, 0.3) is 0 Å². The minimum Gasteiger partial charge on any atom is -0.481 e. The summed E-state index contributed by atoms with van der Waals surface area (Å²) >= 11 is 0. The van der Waals surface area contributed by atoms with Crippen LogP contribution in [0, 0.1) is 13.8 Å². The average Bonchev–Trinajstić information content (AvgIpc) is 2.67. The van der Waals surface area contributed by atoms with E-state index >= 15 is 0 Å². The monoisotopic (exact) mass is 299 g/mol. The number of hydrogen-bond acceptors (Lipinski definition) is 5. The van der Waals surface area contributed by atoms with Gasteiger partial charge in [-0.1, -0.05) is 5.16 Å². The van der Waals surface area contributed by atoms with E-state index < -0.39 is 36.5 Å². The Morgan fingerprint density at radius 2 is 1.86 bits per heavy atom. The second-order valence-corrected chi connectivity index (χ2v) is 4.57. The molecular weight excluding hydrogens is 282 g/mol. The highest BCUT2D eigenvalue weighted by Gasteiger charge is 2.24. The molecule has 0 bridgehead atoms. The van der Waals surface area contributed by atoms with Gasteiger partial charge in [0.2, 0.25) is 0 Å². The standard InChI is InChI=1S/C12H17N3O6/c1-5(10-6(2)15-21-7(10)3)13-12(20)14-8(11(18)19)4-9(16)17/h5,8H,4H2,1-3H3,(H,16,17)(H,18,19)(H2,13,14,20)/t5?,8-/m1/s1. The Labute approximate surface area is 120 Å². The van der Waals surface area contributed by atoms with Gasteiger partial charge in [-0.15, -0.1) is 0 Å². The number of aliphatic carboxylic acids is 2. The first-order valence-corrected chi connectivity index (χ1v) is 6.16. The number of carbonyl (C=O) groups is 3. The number of hydrogen-bond donors (Lipinski definition) is 4. The van der Waals surface area contributed by atoms with Gasteiger partial charge in [0.1, 0.15) is 11.8 Å². The fraction of sp³-hybridized carbons (Fsp3) is 0.500. The molecule has 0 aliphatic rings. The minimum absolute atomic E-state index is 0.462. The SMILES string of the molecule is Cc1noc(C)c1C(C)NC(=O)N[C@H](CC(=O)O)C(=O)O. The van der Waals surface area contributed by atoms with Crippen LogP contribution in [0.25, 0.3) is 0 Å². The molecule has 2 amide bonds. The number of carbonyl (C=O) groups excluding carboxylic acids is 1. The third-order valence-electron chi connectivity index (χ3n) is 2.85. The van der Waals surface area contributed by atoms with Gasteiger partial charge in [0.15, 0.2) is 0 Å². The van der Waals surface area contributed by atoms with Gasteiger partial charge in [-0.2, -0.15) is 0 Å². The van der Waals surface area contributed by atoms with E-state index in [1.807, 2.05) is 0 Å². The van der Waals surface area contributed by atoms with Gasteiger partial charge >= 0.3 is 18.0 Å². The average molecular weight is 299 g/mol. The number of carboxylic acids is 2. The predicted molar refractivity (Wildman–Crippen MR) is 69.7 cm³/mol. The highest BCUT2D eigenvalue weighted by atomic mass is 16.5. The van der Waals surface area contributed by atoms with Crippen LogP contribution in [0.2, 0.25) is 0 Å². The first-order valence-electron chi connectivity index (χ1n) is 6.16. The van der Waals surface area contributed by atoms with E-state index in [0.717, 1.165) is 0 Å². The second-order valence-electron chi connectivity index (χ2n) is 4.57. The van der Waals surface area contributed by atoms with Crippen molar-refractivity contribution in [3.63, 3.8) is 0 Å². The summed E-state index contributed by atoms with van der Waals surface area (Å²) in [6.45, 7) is 5.08. The van der Waals surface area contributed by atoms with Crippen molar-refractivity contribution in [2.45, 2.75) is 39.3 Å². The molecule has 9 nitrogen and oxygen atoms in total. The quantitative estimate of drug-likeness (QED) is 0.601. The van der Waals surface area contributed by atoms with E-state index in [0.29, 0.717) is 17.0 Å². The van der Waals surface area contributed by atoms with Crippen LogP contribution in [0.1, 0.15) is 36.4 Å². The van der Waals surface area contributed by atoms with Crippen LogP contribution in [0.5, 0.6) is 0 Å².